The van der Waals surface area contributed by atoms with E-state index in [4.69, 9.17) is 0 Å². The van der Waals surface area contributed by atoms with Crippen LogP contribution in [0.4, 0.5) is 0 Å². The minimum atomic E-state index is -0.0765. The van der Waals surface area contributed by atoms with Gasteiger partial charge in [0.15, 0.2) is 0 Å². The summed E-state index contributed by atoms with van der Waals surface area (Å²) in [6.07, 6.45) is 4.38. The van der Waals surface area contributed by atoms with E-state index < -0.39 is 0 Å². The zero-order chi connectivity index (χ0) is 9.56. The van der Waals surface area contributed by atoms with Crippen molar-refractivity contribution in [3.8, 4) is 0 Å². The molecule has 0 fully saturated rings. The molecule has 2 atom stereocenters. The first kappa shape index (κ1) is 12.0. The maximum Gasteiger partial charge on any atom is 0.0565 e. The van der Waals surface area contributed by atoms with Gasteiger partial charge in [-0.1, -0.05) is 34.1 Å². The molecular formula is C11H24O. The predicted octanol–water partition coefficient (Wildman–Crippen LogP) is 3.22. The van der Waals surface area contributed by atoms with Gasteiger partial charge in [-0.05, 0) is 31.1 Å². The van der Waals surface area contributed by atoms with Gasteiger partial charge >= 0.3 is 0 Å². The molecule has 1 N–H and O–H groups in total. The van der Waals surface area contributed by atoms with Gasteiger partial charge in [-0.3, -0.25) is 0 Å². The molecule has 0 radical (unpaired) electrons. The van der Waals surface area contributed by atoms with Crippen LogP contribution in [0.5, 0.6) is 0 Å². The summed E-state index contributed by atoms with van der Waals surface area (Å²) in [6.45, 7) is 8.73. The van der Waals surface area contributed by atoms with Crippen LogP contribution in [0.25, 0.3) is 0 Å². The Labute approximate surface area is 77.2 Å². The quantitative estimate of drug-likeness (QED) is 0.652. The van der Waals surface area contributed by atoms with Crippen molar-refractivity contribution in [3.05, 3.63) is 0 Å². The van der Waals surface area contributed by atoms with Gasteiger partial charge < -0.3 is 5.11 Å². The van der Waals surface area contributed by atoms with Crippen molar-refractivity contribution in [1.82, 2.24) is 0 Å². The summed E-state index contributed by atoms with van der Waals surface area (Å²) < 4.78 is 0. The number of hydrogen-bond acceptors (Lipinski definition) is 1. The topological polar surface area (TPSA) is 20.2 Å². The third kappa shape index (κ3) is 5.59. The Hall–Kier alpha value is -0.0400. The molecule has 0 aliphatic heterocycles. The van der Waals surface area contributed by atoms with Crippen LogP contribution >= 0.6 is 0 Å². The van der Waals surface area contributed by atoms with Gasteiger partial charge in [0.2, 0.25) is 0 Å². The number of aliphatic hydroxyl groups excluding tert-OH is 1. The number of rotatable bonds is 6. The molecule has 1 heteroatoms. The van der Waals surface area contributed by atoms with E-state index in [0.29, 0.717) is 11.8 Å². The highest BCUT2D eigenvalue weighted by atomic mass is 16.3. The molecule has 0 bridgehead atoms. The van der Waals surface area contributed by atoms with E-state index in [1.54, 1.807) is 0 Å². The lowest BCUT2D eigenvalue weighted by molar-refractivity contribution is 0.0967. The van der Waals surface area contributed by atoms with Crippen molar-refractivity contribution in [2.45, 2.75) is 59.5 Å². The Balaban J connectivity index is 3.49. The fourth-order valence-electron chi connectivity index (χ4n) is 1.44. The van der Waals surface area contributed by atoms with Crippen molar-refractivity contribution in [1.29, 1.82) is 0 Å². The summed E-state index contributed by atoms with van der Waals surface area (Å²) in [4.78, 5) is 0. The highest BCUT2D eigenvalue weighted by molar-refractivity contribution is 4.64. The second-order valence-electron chi connectivity index (χ2n) is 4.30. The molecule has 1 nitrogen and oxygen atoms in total. The molecule has 0 saturated carbocycles. The molecule has 0 spiro atoms. The van der Waals surface area contributed by atoms with Crippen molar-refractivity contribution < 1.29 is 5.11 Å². The van der Waals surface area contributed by atoms with Gasteiger partial charge in [-0.25, -0.2) is 0 Å². The maximum absolute atomic E-state index is 9.70. The first-order chi connectivity index (χ1) is 5.57. The monoisotopic (exact) mass is 172 g/mol. The van der Waals surface area contributed by atoms with Crippen molar-refractivity contribution in [2.24, 2.45) is 11.8 Å². The van der Waals surface area contributed by atoms with E-state index in [1.807, 2.05) is 0 Å². The normalized spacial score (nSPS) is 16.5. The molecule has 0 aliphatic rings. The van der Waals surface area contributed by atoms with Crippen molar-refractivity contribution in [3.63, 3.8) is 0 Å². The smallest absolute Gasteiger partial charge is 0.0565 e. The number of aliphatic hydroxyl groups is 1. The van der Waals surface area contributed by atoms with Crippen LogP contribution in [-0.4, -0.2) is 11.2 Å². The van der Waals surface area contributed by atoms with E-state index in [0.717, 1.165) is 19.3 Å². The van der Waals surface area contributed by atoms with Crippen LogP contribution in [0.2, 0.25) is 0 Å². The molecule has 12 heavy (non-hydrogen) atoms. The third-order valence-corrected chi connectivity index (χ3v) is 2.44. The van der Waals surface area contributed by atoms with Crippen LogP contribution < -0.4 is 0 Å². The zero-order valence-electron chi connectivity index (χ0n) is 9.01. The summed E-state index contributed by atoms with van der Waals surface area (Å²) in [7, 11) is 0. The van der Waals surface area contributed by atoms with Crippen LogP contribution in [0.15, 0.2) is 0 Å². The number of hydrogen-bond donors (Lipinski definition) is 1. The van der Waals surface area contributed by atoms with Crippen LogP contribution in [0, 0.1) is 11.8 Å². The summed E-state index contributed by atoms with van der Waals surface area (Å²) in [5.41, 5.74) is 0. The Kier molecular flexibility index (Phi) is 6.45. The SMILES string of the molecule is CCC[C@@H](C)C(O)CCC(C)C. The Morgan fingerprint density at radius 2 is 1.58 bits per heavy atom. The Morgan fingerprint density at radius 1 is 1.00 bits per heavy atom. The van der Waals surface area contributed by atoms with E-state index in [2.05, 4.69) is 27.7 Å². The summed E-state index contributed by atoms with van der Waals surface area (Å²) in [5, 5.41) is 9.70. The molecule has 0 aromatic rings. The van der Waals surface area contributed by atoms with Gasteiger partial charge in [0, 0.05) is 0 Å². The molecule has 0 amide bonds. The standard InChI is InChI=1S/C11H24O/c1-5-6-10(4)11(12)8-7-9(2)3/h9-12H,5-8H2,1-4H3/t10-,11?/m1/s1. The van der Waals surface area contributed by atoms with Gasteiger partial charge in [0.05, 0.1) is 6.10 Å². The van der Waals surface area contributed by atoms with Crippen LogP contribution in [0.1, 0.15) is 53.4 Å². The Bertz CT molecular complexity index is 99.2. The average Bonchev–Trinajstić information content (AvgIpc) is 2.00. The molecule has 74 valence electrons. The second kappa shape index (κ2) is 6.47. The average molecular weight is 172 g/mol. The molecule has 0 saturated heterocycles. The third-order valence-electron chi connectivity index (χ3n) is 2.44. The lowest BCUT2D eigenvalue weighted by atomic mass is 9.93. The molecule has 1 unspecified atom stereocenters. The van der Waals surface area contributed by atoms with Gasteiger partial charge in [-0.2, -0.15) is 0 Å². The predicted molar refractivity (Wildman–Crippen MR) is 54.2 cm³/mol. The van der Waals surface area contributed by atoms with Crippen LogP contribution in [-0.2, 0) is 0 Å². The molecule has 0 aromatic carbocycles. The van der Waals surface area contributed by atoms with Crippen LogP contribution in [0.3, 0.4) is 0 Å². The van der Waals surface area contributed by atoms with Gasteiger partial charge in [0.25, 0.3) is 0 Å². The highest BCUT2D eigenvalue weighted by Gasteiger charge is 2.12. The van der Waals surface area contributed by atoms with Gasteiger partial charge in [0.1, 0.15) is 0 Å². The first-order valence-electron chi connectivity index (χ1n) is 5.26. The fraction of sp³-hybridized carbons (Fsp3) is 1.00. The Morgan fingerprint density at radius 3 is 2.00 bits per heavy atom. The first-order valence-corrected chi connectivity index (χ1v) is 5.26. The van der Waals surface area contributed by atoms with Crippen molar-refractivity contribution in [2.75, 3.05) is 0 Å². The largest absolute Gasteiger partial charge is 0.393 e. The summed E-state index contributed by atoms with van der Waals surface area (Å²) >= 11 is 0. The minimum Gasteiger partial charge on any atom is -0.393 e. The van der Waals surface area contributed by atoms with E-state index in [1.165, 1.54) is 6.42 Å². The molecular weight excluding hydrogens is 148 g/mol. The minimum absolute atomic E-state index is 0.0765. The van der Waals surface area contributed by atoms with Gasteiger partial charge in [-0.15, -0.1) is 0 Å². The summed E-state index contributed by atoms with van der Waals surface area (Å²) in [6, 6.07) is 0. The maximum atomic E-state index is 9.70. The molecule has 0 heterocycles. The highest BCUT2D eigenvalue weighted by Crippen LogP contribution is 2.16. The van der Waals surface area contributed by atoms with E-state index in [9.17, 15) is 5.11 Å². The summed E-state index contributed by atoms with van der Waals surface area (Å²) in [5.74, 6) is 1.20. The van der Waals surface area contributed by atoms with E-state index in [-0.39, 0.29) is 6.10 Å². The zero-order valence-corrected chi connectivity index (χ0v) is 9.01. The van der Waals surface area contributed by atoms with E-state index >= 15 is 0 Å². The second-order valence-corrected chi connectivity index (χ2v) is 4.30. The lowest BCUT2D eigenvalue weighted by Gasteiger charge is -2.18. The lowest BCUT2D eigenvalue weighted by Crippen LogP contribution is -2.17. The molecule has 0 aromatic heterocycles. The fourth-order valence-corrected chi connectivity index (χ4v) is 1.44. The molecule has 0 aliphatic carbocycles. The molecule has 0 rings (SSSR count). The van der Waals surface area contributed by atoms with Crippen molar-refractivity contribution >= 4 is 0 Å².